The standard InChI is InChI=1S/C34H31Cl2N5O4/c35-27-13-16-29(30(36)19-27)31-34(33(43)38-21-23-7-2-1-3-8-23,20-25-9-4-5-10-26(25)22-39-41-37)40-32(45-31)24-11-14-28(15-12-24)44-18-6-17-42/h1-5,7-16,19,31,42H,6,17-18,20-22H2,(H,38,43)/t31-,34-/m1/s1. The fourth-order valence-corrected chi connectivity index (χ4v) is 5.69. The summed E-state index contributed by atoms with van der Waals surface area (Å²) in [4.78, 5) is 22.5. The van der Waals surface area contributed by atoms with Crippen LogP contribution < -0.4 is 10.1 Å². The molecule has 1 aliphatic heterocycles. The summed E-state index contributed by atoms with van der Waals surface area (Å²) in [6.45, 7) is 0.797. The van der Waals surface area contributed by atoms with E-state index >= 15 is 0 Å². The van der Waals surface area contributed by atoms with E-state index in [9.17, 15) is 4.79 Å². The van der Waals surface area contributed by atoms with Gasteiger partial charge in [0, 0.05) is 52.1 Å². The third kappa shape index (κ3) is 7.59. The van der Waals surface area contributed by atoms with Crippen LogP contribution in [-0.4, -0.2) is 35.7 Å². The molecule has 0 fully saturated rings. The molecule has 4 aromatic rings. The smallest absolute Gasteiger partial charge is 0.252 e. The molecule has 0 spiro atoms. The number of nitrogens with zero attached hydrogens (tertiary/aromatic N) is 4. The predicted molar refractivity (Wildman–Crippen MR) is 174 cm³/mol. The molecule has 1 amide bonds. The number of nitrogens with one attached hydrogen (secondary N) is 1. The average Bonchev–Trinajstić information content (AvgIpc) is 3.44. The maximum Gasteiger partial charge on any atom is 0.252 e. The van der Waals surface area contributed by atoms with E-state index in [0.717, 1.165) is 16.7 Å². The van der Waals surface area contributed by atoms with Crippen molar-refractivity contribution in [2.24, 2.45) is 10.1 Å². The van der Waals surface area contributed by atoms with Crippen molar-refractivity contribution in [3.05, 3.63) is 145 Å². The molecule has 1 heterocycles. The molecule has 0 radical (unpaired) electrons. The predicted octanol–water partition coefficient (Wildman–Crippen LogP) is 7.38. The van der Waals surface area contributed by atoms with Gasteiger partial charge < -0.3 is 19.9 Å². The number of azide groups is 1. The van der Waals surface area contributed by atoms with Gasteiger partial charge in [-0.15, -0.1) is 0 Å². The number of carbonyl (C=O) groups is 1. The lowest BCUT2D eigenvalue weighted by Gasteiger charge is -2.32. The van der Waals surface area contributed by atoms with Crippen molar-refractivity contribution in [3.8, 4) is 5.75 Å². The Labute approximate surface area is 271 Å². The summed E-state index contributed by atoms with van der Waals surface area (Å²) in [5.41, 5.74) is 11.1. The van der Waals surface area contributed by atoms with E-state index in [1.807, 2.05) is 54.6 Å². The van der Waals surface area contributed by atoms with Crippen LogP contribution in [0.2, 0.25) is 10.0 Å². The molecule has 0 saturated heterocycles. The topological polar surface area (TPSA) is 129 Å². The molecule has 45 heavy (non-hydrogen) atoms. The van der Waals surface area contributed by atoms with Gasteiger partial charge >= 0.3 is 0 Å². The first kappa shape index (κ1) is 31.9. The lowest BCUT2D eigenvalue weighted by Crippen LogP contribution is -2.50. The Morgan fingerprint density at radius 3 is 2.47 bits per heavy atom. The third-order valence-corrected chi connectivity index (χ3v) is 8.02. The molecule has 0 bridgehead atoms. The number of aliphatic imine (C=N–C) groups is 1. The number of amides is 1. The van der Waals surface area contributed by atoms with Crippen LogP contribution in [0.3, 0.4) is 0 Å². The van der Waals surface area contributed by atoms with Crippen molar-refractivity contribution in [2.75, 3.05) is 13.2 Å². The highest BCUT2D eigenvalue weighted by molar-refractivity contribution is 6.35. The number of ether oxygens (including phenoxy) is 2. The second-order valence-electron chi connectivity index (χ2n) is 10.5. The highest BCUT2D eigenvalue weighted by Crippen LogP contribution is 2.45. The van der Waals surface area contributed by atoms with Gasteiger partial charge in [0.1, 0.15) is 5.75 Å². The van der Waals surface area contributed by atoms with Crippen LogP contribution in [0.1, 0.15) is 40.3 Å². The first-order chi connectivity index (χ1) is 21.9. The summed E-state index contributed by atoms with van der Waals surface area (Å²) in [7, 11) is 0. The maximum atomic E-state index is 14.5. The summed E-state index contributed by atoms with van der Waals surface area (Å²) < 4.78 is 12.3. The van der Waals surface area contributed by atoms with E-state index in [1.165, 1.54) is 0 Å². The minimum Gasteiger partial charge on any atom is -0.494 e. The highest BCUT2D eigenvalue weighted by atomic mass is 35.5. The molecule has 5 rings (SSSR count). The molecular weight excluding hydrogens is 613 g/mol. The number of aliphatic hydroxyl groups excluding tert-OH is 1. The number of rotatable bonds is 13. The lowest BCUT2D eigenvalue weighted by molar-refractivity contribution is -0.129. The Morgan fingerprint density at radius 1 is 1.02 bits per heavy atom. The Bertz CT molecular complexity index is 1710. The van der Waals surface area contributed by atoms with E-state index in [4.69, 9.17) is 48.3 Å². The molecule has 0 saturated carbocycles. The Kier molecular flexibility index (Phi) is 10.6. The second-order valence-corrected chi connectivity index (χ2v) is 11.3. The lowest BCUT2D eigenvalue weighted by atomic mass is 9.80. The molecular formula is C34H31Cl2N5O4. The van der Waals surface area contributed by atoms with Gasteiger partial charge in [-0.3, -0.25) is 4.79 Å². The second kappa shape index (κ2) is 15.0. The van der Waals surface area contributed by atoms with Crippen LogP contribution in [0.15, 0.2) is 107 Å². The van der Waals surface area contributed by atoms with Crippen LogP contribution in [0, 0.1) is 0 Å². The minimum absolute atomic E-state index is 0.0395. The quantitative estimate of drug-likeness (QED) is 0.0681. The molecule has 2 N–H and O–H groups in total. The summed E-state index contributed by atoms with van der Waals surface area (Å²) in [6.07, 6.45) is -0.288. The van der Waals surface area contributed by atoms with Crippen LogP contribution in [0.4, 0.5) is 0 Å². The van der Waals surface area contributed by atoms with Gasteiger partial charge in [0.15, 0.2) is 11.6 Å². The van der Waals surface area contributed by atoms with Gasteiger partial charge in [-0.05, 0) is 58.6 Å². The Hall–Kier alpha value is -4.53. The number of halogens is 2. The van der Waals surface area contributed by atoms with Crippen molar-refractivity contribution in [3.63, 3.8) is 0 Å². The first-order valence-corrected chi connectivity index (χ1v) is 15.1. The number of hydrogen-bond acceptors (Lipinski definition) is 6. The SMILES string of the molecule is [N-]=[N+]=NCc1ccccc1C[C@@]1(C(=O)NCc2ccccc2)N=C(c2ccc(OCCCO)cc2)O[C@@H]1c1ccc(Cl)cc1Cl. The van der Waals surface area contributed by atoms with Crippen molar-refractivity contribution in [1.29, 1.82) is 0 Å². The molecule has 0 unspecified atom stereocenters. The zero-order valence-electron chi connectivity index (χ0n) is 24.3. The van der Waals surface area contributed by atoms with E-state index in [1.54, 1.807) is 42.5 Å². The Morgan fingerprint density at radius 2 is 1.76 bits per heavy atom. The van der Waals surface area contributed by atoms with Gasteiger partial charge in [0.05, 0.1) is 13.2 Å². The average molecular weight is 645 g/mol. The molecule has 0 aliphatic carbocycles. The fourth-order valence-electron chi connectivity index (χ4n) is 5.19. The fraction of sp³-hybridized carbons (Fsp3) is 0.235. The minimum atomic E-state index is -1.51. The van der Waals surface area contributed by atoms with Gasteiger partial charge in [0.25, 0.3) is 5.91 Å². The molecule has 230 valence electrons. The van der Waals surface area contributed by atoms with Gasteiger partial charge in [-0.1, -0.05) is 89.0 Å². The molecule has 4 aromatic carbocycles. The van der Waals surface area contributed by atoms with Crippen molar-refractivity contribution < 1.29 is 19.4 Å². The number of carbonyl (C=O) groups excluding carboxylic acids is 1. The van der Waals surface area contributed by atoms with Crippen LogP contribution in [-0.2, 0) is 29.0 Å². The van der Waals surface area contributed by atoms with Crippen LogP contribution >= 0.6 is 23.2 Å². The molecule has 1 aliphatic rings. The van der Waals surface area contributed by atoms with E-state index in [2.05, 4.69) is 15.3 Å². The van der Waals surface area contributed by atoms with Crippen LogP contribution in [0.25, 0.3) is 10.4 Å². The monoisotopic (exact) mass is 643 g/mol. The molecule has 2 atom stereocenters. The maximum absolute atomic E-state index is 14.5. The number of aliphatic hydroxyl groups is 1. The largest absolute Gasteiger partial charge is 0.494 e. The van der Waals surface area contributed by atoms with Crippen molar-refractivity contribution in [2.45, 2.75) is 37.6 Å². The van der Waals surface area contributed by atoms with E-state index in [-0.39, 0.29) is 37.9 Å². The summed E-state index contributed by atoms with van der Waals surface area (Å²) in [5.74, 6) is 0.525. The third-order valence-electron chi connectivity index (χ3n) is 7.45. The van der Waals surface area contributed by atoms with Crippen molar-refractivity contribution >= 4 is 35.0 Å². The molecule has 0 aromatic heterocycles. The molecule has 9 nitrogen and oxygen atoms in total. The normalized spacial score (nSPS) is 17.1. The van der Waals surface area contributed by atoms with Gasteiger partial charge in [0.2, 0.25) is 5.90 Å². The van der Waals surface area contributed by atoms with Gasteiger partial charge in [-0.2, -0.15) is 0 Å². The summed E-state index contributed by atoms with van der Waals surface area (Å²) in [6, 6.07) is 29.3. The van der Waals surface area contributed by atoms with Crippen LogP contribution in [0.5, 0.6) is 5.75 Å². The summed E-state index contributed by atoms with van der Waals surface area (Å²) >= 11 is 13.0. The number of hydrogen-bond donors (Lipinski definition) is 2. The zero-order chi connectivity index (χ0) is 31.6. The van der Waals surface area contributed by atoms with E-state index < -0.39 is 11.6 Å². The number of benzene rings is 4. The van der Waals surface area contributed by atoms with E-state index in [0.29, 0.717) is 39.9 Å². The summed E-state index contributed by atoms with van der Waals surface area (Å²) in [5, 5.41) is 16.7. The van der Waals surface area contributed by atoms with Gasteiger partial charge in [-0.25, -0.2) is 4.99 Å². The first-order valence-electron chi connectivity index (χ1n) is 14.4. The Balaban J connectivity index is 1.61. The molecule has 11 heteroatoms. The zero-order valence-corrected chi connectivity index (χ0v) is 25.8. The highest BCUT2D eigenvalue weighted by Gasteiger charge is 2.54. The van der Waals surface area contributed by atoms with Crippen molar-refractivity contribution in [1.82, 2.24) is 5.32 Å².